The minimum Gasteiger partial charge on any atom is -0.0620 e. The van der Waals surface area contributed by atoms with Gasteiger partial charge in [-0.05, 0) is 97.1 Å². The van der Waals surface area contributed by atoms with Crippen molar-refractivity contribution in [2.24, 2.45) is 0 Å². The van der Waals surface area contributed by atoms with Crippen LogP contribution >= 0.6 is 47.3 Å². The molecule has 0 atom stereocenters. The summed E-state index contributed by atoms with van der Waals surface area (Å²) in [4.78, 5) is 0. The molecule has 82 heavy (non-hydrogen) atoms. The van der Waals surface area contributed by atoms with Gasteiger partial charge >= 0.3 is 100 Å². The van der Waals surface area contributed by atoms with Gasteiger partial charge in [0.2, 0.25) is 0 Å². The van der Waals surface area contributed by atoms with E-state index in [9.17, 15) is 50.4 Å². The van der Waals surface area contributed by atoms with Crippen molar-refractivity contribution in [1.29, 1.82) is 21.0 Å². The van der Waals surface area contributed by atoms with Gasteiger partial charge in [0.25, 0.3) is 0 Å². The van der Waals surface area contributed by atoms with Crippen LogP contribution in [-0.2, 0) is 34.1 Å². The third-order valence-corrected chi connectivity index (χ3v) is 23.6. The number of nitrogens with zero attached hydrogens (tertiary/aromatic N) is 4. The zero-order valence-electron chi connectivity index (χ0n) is 44.3. The summed E-state index contributed by atoms with van der Waals surface area (Å²) >= 11 is 0. The van der Waals surface area contributed by atoms with Crippen LogP contribution in [0.2, 0.25) is 0 Å². The molecule has 0 saturated heterocycles. The molecule has 0 fully saturated rings. The average molecular weight is 1350 g/mol. The first-order chi connectivity index (χ1) is 37.4. The van der Waals surface area contributed by atoms with E-state index in [1.54, 1.807) is 24.3 Å². The third-order valence-electron chi connectivity index (χ3n) is 9.69. The van der Waals surface area contributed by atoms with Crippen LogP contribution in [0.1, 0.15) is 27.7 Å². The molecular weight excluding hydrogens is 1290 g/mol. The zero-order chi connectivity index (χ0) is 60.3. The molecule has 0 bridgehead atoms. The van der Waals surface area contributed by atoms with Crippen LogP contribution in [0.3, 0.4) is 0 Å². The van der Waals surface area contributed by atoms with E-state index in [1.165, 1.54) is 81.9 Å². The second kappa shape index (κ2) is 36.9. The van der Waals surface area contributed by atoms with Crippen LogP contribution in [-0.4, -0.2) is 11.8 Å². The first-order valence-electron chi connectivity index (χ1n) is 23.6. The van der Waals surface area contributed by atoms with Gasteiger partial charge in [-0.15, -0.1) is 0 Å². The van der Waals surface area contributed by atoms with Gasteiger partial charge in [0.1, 0.15) is 74.1 Å². The summed E-state index contributed by atoms with van der Waals surface area (Å²) in [7, 11) is -24.7. The summed E-state index contributed by atoms with van der Waals surface area (Å²) in [5.74, 6) is 2.49. The summed E-state index contributed by atoms with van der Waals surface area (Å²) in [5, 5.41) is 41.3. The minimum atomic E-state index is -10.7. The van der Waals surface area contributed by atoms with Crippen molar-refractivity contribution in [3.05, 3.63) is 243 Å². The molecule has 444 valence electrons. The molecule has 0 aliphatic heterocycles. The molecule has 0 N–H and O–H groups in total. The molecule has 0 aliphatic rings. The Labute approximate surface area is 498 Å². The van der Waals surface area contributed by atoms with E-state index in [4.69, 9.17) is 21.0 Å². The Kier molecular flexibility index (Phi) is 35.4. The summed E-state index contributed by atoms with van der Waals surface area (Å²) in [6, 6.07) is 95.9. The molecule has 8 rings (SSSR count). The molecule has 8 aromatic rings. The SMILES string of the molecule is CC#N.CC#N.CC#N.CC#N.F[P-](F)(F)(F)(F)F.F[P-](F)(F)(F)(F)F.[Cu+].[Cu+].c1ccc([PH+](C[PH+](c2ccccc2)c2ccccc2)c2ccccc2)cc1.c1ccc([PH+](C[PH+](c2ccccc2)c2ccccc2)c2ccccc2)cc1. The summed E-state index contributed by atoms with van der Waals surface area (Å²) < 4.78 is 118. The Morgan fingerprint density at radius 3 is 0.390 bits per heavy atom. The minimum absolute atomic E-state index is 0. The maximum absolute atomic E-state index is 10.7. The Hall–Kier alpha value is -5.50. The Morgan fingerprint density at radius 1 is 0.244 bits per heavy atom. The molecule has 8 aromatic carbocycles. The van der Waals surface area contributed by atoms with Crippen molar-refractivity contribution in [1.82, 2.24) is 0 Å². The van der Waals surface area contributed by atoms with Gasteiger partial charge in [-0.25, -0.2) is 0 Å². The predicted molar refractivity (Wildman–Crippen MR) is 324 cm³/mol. The van der Waals surface area contributed by atoms with Crippen molar-refractivity contribution in [2.75, 3.05) is 11.8 Å². The average Bonchev–Trinajstić information content (AvgIpc) is 3.41. The molecule has 0 amide bonds. The fourth-order valence-electron chi connectivity index (χ4n) is 6.95. The standard InChI is InChI=1S/2C25H22P2.4C2H3N.2Cu.2F6P/c2*1-5-13-22(14-6-1)26(23-15-7-2-8-16-23)21-27(24-17-9-3-10-18-24)25-19-11-4-12-20-25;4*1-2-3;;;2*1-7(2,3,4,5)6/h2*1-20H,21H2;4*1H3;;;;/q;;;;;;2*+1;2*-1/p+4. The molecule has 0 aliphatic carbocycles. The van der Waals surface area contributed by atoms with Crippen molar-refractivity contribution >= 4 is 89.7 Å². The van der Waals surface area contributed by atoms with E-state index in [0.29, 0.717) is 0 Å². The van der Waals surface area contributed by atoms with Gasteiger partial charge in [-0.3, -0.25) is 0 Å². The van der Waals surface area contributed by atoms with E-state index in [1.807, 2.05) is 0 Å². The molecule has 0 radical (unpaired) electrons. The number of rotatable bonds is 12. The van der Waals surface area contributed by atoms with Crippen LogP contribution in [0, 0.1) is 45.3 Å². The van der Waals surface area contributed by atoms with Gasteiger partial charge in [-0.2, -0.15) is 21.0 Å². The molecule has 4 nitrogen and oxygen atoms in total. The first-order valence-corrected chi connectivity index (χ1v) is 34.5. The maximum atomic E-state index is 9.87. The number of hydrogen-bond acceptors (Lipinski definition) is 4. The van der Waals surface area contributed by atoms with Gasteiger partial charge in [0.15, 0.2) is 11.8 Å². The van der Waals surface area contributed by atoms with E-state index in [-0.39, 0.29) is 34.1 Å². The smallest absolute Gasteiger partial charge is 0.0620 e. The van der Waals surface area contributed by atoms with Crippen LogP contribution in [0.15, 0.2) is 243 Å². The number of halogens is 12. The van der Waals surface area contributed by atoms with Gasteiger partial charge in [0, 0.05) is 27.7 Å². The molecule has 0 heterocycles. The second-order valence-corrected chi connectivity index (χ2v) is 31.1. The van der Waals surface area contributed by atoms with Crippen LogP contribution in [0.25, 0.3) is 0 Å². The van der Waals surface area contributed by atoms with E-state index in [0.717, 1.165) is 0 Å². The quantitative estimate of drug-likeness (QED) is 0.0692. The third kappa shape index (κ3) is 41.5. The van der Waals surface area contributed by atoms with Crippen molar-refractivity contribution in [3.63, 3.8) is 0 Å². The topological polar surface area (TPSA) is 95.2 Å². The summed E-state index contributed by atoms with van der Waals surface area (Å²) in [6.07, 6.45) is 0. The molecule has 0 saturated carbocycles. The largest absolute Gasteiger partial charge is 1.00 e. The van der Waals surface area contributed by atoms with E-state index in [2.05, 4.69) is 243 Å². The van der Waals surface area contributed by atoms with Crippen LogP contribution in [0.4, 0.5) is 50.4 Å². The van der Waals surface area contributed by atoms with E-state index < -0.39 is 47.3 Å². The number of hydrogen-bond donors (Lipinski definition) is 0. The van der Waals surface area contributed by atoms with Crippen molar-refractivity contribution in [3.8, 4) is 24.3 Å². The molecular formula is C58H60Cu2F12N4P6+4. The maximum Gasteiger partial charge on any atom is 1.00 e. The zero-order valence-corrected chi connectivity index (χ0v) is 52.0. The van der Waals surface area contributed by atoms with Gasteiger partial charge in [0.05, 0.1) is 24.3 Å². The second-order valence-electron chi connectivity index (χ2n) is 16.0. The van der Waals surface area contributed by atoms with Crippen molar-refractivity contribution in [2.45, 2.75) is 27.7 Å². The van der Waals surface area contributed by atoms with Crippen LogP contribution < -0.4 is 42.4 Å². The van der Waals surface area contributed by atoms with E-state index >= 15 is 0 Å². The number of benzene rings is 8. The Balaban J connectivity index is 0. The monoisotopic (exact) mass is 1350 g/mol. The fraction of sp³-hybridized carbons (Fsp3) is 0.103. The summed E-state index contributed by atoms with van der Waals surface area (Å²) in [6.45, 7) is 5.72. The molecule has 0 aromatic heterocycles. The predicted octanol–water partition coefficient (Wildman–Crippen LogP) is 18.2. The number of nitriles is 4. The fourth-order valence-corrected chi connectivity index (χ4v) is 22.4. The Bertz CT molecular complexity index is 2550. The molecule has 24 heteroatoms. The molecule has 0 unspecified atom stereocenters. The summed E-state index contributed by atoms with van der Waals surface area (Å²) in [5.41, 5.74) is 0. The van der Waals surface area contributed by atoms with Crippen LogP contribution in [0.5, 0.6) is 0 Å². The van der Waals surface area contributed by atoms with Crippen molar-refractivity contribution < 1.29 is 84.5 Å². The van der Waals surface area contributed by atoms with Gasteiger partial charge in [-0.1, -0.05) is 146 Å². The molecule has 0 spiro atoms. The normalized spacial score (nSPS) is 11.6. The van der Waals surface area contributed by atoms with Gasteiger partial charge < -0.3 is 0 Å². The first kappa shape index (κ1) is 78.6. The Morgan fingerprint density at radius 2 is 0.317 bits per heavy atom.